The monoisotopic (exact) mass is 247 g/mol. The highest BCUT2D eigenvalue weighted by atomic mass is 16.5. The molecule has 0 saturated carbocycles. The Morgan fingerprint density at radius 3 is 2.67 bits per heavy atom. The quantitative estimate of drug-likeness (QED) is 0.879. The molecule has 18 heavy (non-hydrogen) atoms. The minimum atomic E-state index is 0.657. The molecule has 0 bridgehead atoms. The molecule has 2 heteroatoms. The van der Waals surface area contributed by atoms with Gasteiger partial charge in [-0.25, -0.2) is 0 Å². The number of rotatable bonds is 4. The van der Waals surface area contributed by atoms with E-state index < -0.39 is 0 Å². The molecule has 0 amide bonds. The van der Waals surface area contributed by atoms with Crippen LogP contribution < -0.4 is 10.1 Å². The van der Waals surface area contributed by atoms with Crippen LogP contribution in [0.1, 0.15) is 42.4 Å². The first-order chi connectivity index (χ1) is 8.68. The van der Waals surface area contributed by atoms with E-state index in [2.05, 4.69) is 38.2 Å². The second-order valence-corrected chi connectivity index (χ2v) is 5.44. The Morgan fingerprint density at radius 2 is 1.94 bits per heavy atom. The smallest absolute Gasteiger partial charge is 0.125 e. The molecule has 1 heterocycles. The van der Waals surface area contributed by atoms with E-state index in [-0.39, 0.29) is 0 Å². The normalized spacial score (nSPS) is 19.8. The summed E-state index contributed by atoms with van der Waals surface area (Å²) >= 11 is 0. The number of piperidine rings is 1. The first-order valence-corrected chi connectivity index (χ1v) is 7.11. The zero-order valence-corrected chi connectivity index (χ0v) is 11.9. The summed E-state index contributed by atoms with van der Waals surface area (Å²) < 4.78 is 6.01. The second-order valence-electron chi connectivity index (χ2n) is 5.44. The van der Waals surface area contributed by atoms with Crippen LogP contribution in [0.5, 0.6) is 5.75 Å². The fourth-order valence-electron chi connectivity index (χ4n) is 2.62. The van der Waals surface area contributed by atoms with Crippen molar-refractivity contribution in [3.8, 4) is 5.75 Å². The molecule has 1 atom stereocenters. The molecule has 1 N–H and O–H groups in total. The van der Waals surface area contributed by atoms with Crippen LogP contribution in [0.15, 0.2) is 12.1 Å². The summed E-state index contributed by atoms with van der Waals surface area (Å²) in [5.74, 6) is 1.09. The molecule has 0 aliphatic carbocycles. The molecule has 1 aromatic carbocycles. The summed E-state index contributed by atoms with van der Waals surface area (Å²) in [5, 5.41) is 3.57. The lowest BCUT2D eigenvalue weighted by atomic mass is 10.0. The summed E-state index contributed by atoms with van der Waals surface area (Å²) in [5.41, 5.74) is 3.84. The Balaban J connectivity index is 1.88. The Morgan fingerprint density at radius 1 is 1.17 bits per heavy atom. The first-order valence-electron chi connectivity index (χ1n) is 7.11. The van der Waals surface area contributed by atoms with E-state index in [1.54, 1.807) is 0 Å². The predicted molar refractivity (Wildman–Crippen MR) is 76.4 cm³/mol. The molecule has 1 aliphatic rings. The van der Waals surface area contributed by atoms with Crippen molar-refractivity contribution in [3.05, 3.63) is 28.8 Å². The summed E-state index contributed by atoms with van der Waals surface area (Å²) in [7, 11) is 0. The van der Waals surface area contributed by atoms with Crippen molar-refractivity contribution in [1.82, 2.24) is 5.32 Å². The molecule has 1 saturated heterocycles. The molecule has 0 spiro atoms. The molecule has 1 aromatic rings. The van der Waals surface area contributed by atoms with Gasteiger partial charge in [0.25, 0.3) is 0 Å². The van der Waals surface area contributed by atoms with Crippen LogP contribution >= 0.6 is 0 Å². The van der Waals surface area contributed by atoms with Crippen LogP contribution in [0.4, 0.5) is 0 Å². The average molecular weight is 247 g/mol. The van der Waals surface area contributed by atoms with Gasteiger partial charge in [-0.15, -0.1) is 0 Å². The number of hydrogen-bond donors (Lipinski definition) is 1. The van der Waals surface area contributed by atoms with Crippen LogP contribution in [0.3, 0.4) is 0 Å². The summed E-state index contributed by atoms with van der Waals surface area (Å²) in [6.07, 6.45) is 5.11. The van der Waals surface area contributed by atoms with Crippen LogP contribution in [0, 0.1) is 20.8 Å². The van der Waals surface area contributed by atoms with Gasteiger partial charge in [0.2, 0.25) is 0 Å². The van der Waals surface area contributed by atoms with E-state index in [0.717, 1.165) is 18.8 Å². The van der Waals surface area contributed by atoms with Crippen molar-refractivity contribution in [3.63, 3.8) is 0 Å². The molecule has 0 aromatic heterocycles. The zero-order valence-electron chi connectivity index (χ0n) is 11.9. The highest BCUT2D eigenvalue weighted by Gasteiger charge is 2.13. The van der Waals surface area contributed by atoms with Gasteiger partial charge in [0.15, 0.2) is 0 Å². The number of ether oxygens (including phenoxy) is 1. The van der Waals surface area contributed by atoms with Gasteiger partial charge < -0.3 is 10.1 Å². The van der Waals surface area contributed by atoms with E-state index in [9.17, 15) is 0 Å². The highest BCUT2D eigenvalue weighted by molar-refractivity contribution is 5.44. The van der Waals surface area contributed by atoms with E-state index in [4.69, 9.17) is 4.74 Å². The number of benzene rings is 1. The van der Waals surface area contributed by atoms with Gasteiger partial charge in [0.1, 0.15) is 5.75 Å². The SMILES string of the molecule is Cc1ccc(C)c(OCCC2CCCCN2)c1C. The average Bonchev–Trinajstić information content (AvgIpc) is 2.39. The van der Waals surface area contributed by atoms with Gasteiger partial charge in [-0.05, 0) is 63.3 Å². The molecule has 1 unspecified atom stereocenters. The minimum Gasteiger partial charge on any atom is -0.493 e. The summed E-state index contributed by atoms with van der Waals surface area (Å²) in [4.78, 5) is 0. The Kier molecular flexibility index (Phi) is 4.65. The lowest BCUT2D eigenvalue weighted by Crippen LogP contribution is -2.35. The number of nitrogens with one attached hydrogen (secondary N) is 1. The zero-order chi connectivity index (χ0) is 13.0. The molecule has 0 radical (unpaired) electrons. The first kappa shape index (κ1) is 13.4. The Hall–Kier alpha value is -1.02. The van der Waals surface area contributed by atoms with Crippen molar-refractivity contribution in [2.45, 2.75) is 52.5 Å². The van der Waals surface area contributed by atoms with Crippen molar-refractivity contribution in [2.24, 2.45) is 0 Å². The van der Waals surface area contributed by atoms with Gasteiger partial charge >= 0.3 is 0 Å². The summed E-state index contributed by atoms with van der Waals surface area (Å²) in [6.45, 7) is 8.41. The molecule has 1 fully saturated rings. The fraction of sp³-hybridized carbons (Fsp3) is 0.625. The predicted octanol–water partition coefficient (Wildman–Crippen LogP) is 3.52. The minimum absolute atomic E-state index is 0.657. The molecule has 1 aliphatic heterocycles. The molecular formula is C16H25NO. The Labute approximate surface area is 111 Å². The standard InChI is InChI=1S/C16H25NO/c1-12-7-8-13(2)16(14(12)3)18-11-9-15-6-4-5-10-17-15/h7-8,15,17H,4-6,9-11H2,1-3H3. The molecule has 2 rings (SSSR count). The van der Waals surface area contributed by atoms with Gasteiger partial charge in [0, 0.05) is 6.04 Å². The van der Waals surface area contributed by atoms with Crippen molar-refractivity contribution < 1.29 is 4.74 Å². The van der Waals surface area contributed by atoms with E-state index in [1.807, 2.05) is 0 Å². The number of hydrogen-bond acceptors (Lipinski definition) is 2. The van der Waals surface area contributed by atoms with Gasteiger partial charge in [0.05, 0.1) is 6.61 Å². The third kappa shape index (κ3) is 3.26. The third-order valence-corrected chi connectivity index (χ3v) is 4.00. The largest absolute Gasteiger partial charge is 0.493 e. The second kappa shape index (κ2) is 6.24. The maximum Gasteiger partial charge on any atom is 0.125 e. The van der Waals surface area contributed by atoms with Crippen LogP contribution in [0.25, 0.3) is 0 Å². The van der Waals surface area contributed by atoms with Crippen LogP contribution in [-0.4, -0.2) is 19.2 Å². The maximum atomic E-state index is 6.01. The Bertz CT molecular complexity index is 394. The van der Waals surface area contributed by atoms with Crippen molar-refractivity contribution in [2.75, 3.05) is 13.2 Å². The van der Waals surface area contributed by atoms with E-state index >= 15 is 0 Å². The van der Waals surface area contributed by atoms with Gasteiger partial charge in [-0.3, -0.25) is 0 Å². The van der Waals surface area contributed by atoms with E-state index in [1.165, 1.54) is 42.5 Å². The van der Waals surface area contributed by atoms with E-state index in [0.29, 0.717) is 6.04 Å². The maximum absolute atomic E-state index is 6.01. The molecule has 100 valence electrons. The highest BCUT2D eigenvalue weighted by Crippen LogP contribution is 2.26. The van der Waals surface area contributed by atoms with Crippen molar-refractivity contribution in [1.29, 1.82) is 0 Å². The third-order valence-electron chi connectivity index (χ3n) is 4.00. The fourth-order valence-corrected chi connectivity index (χ4v) is 2.62. The lowest BCUT2D eigenvalue weighted by molar-refractivity contribution is 0.265. The van der Waals surface area contributed by atoms with Crippen LogP contribution in [-0.2, 0) is 0 Å². The number of aryl methyl sites for hydroxylation is 2. The molecular weight excluding hydrogens is 222 g/mol. The molecule has 2 nitrogen and oxygen atoms in total. The lowest BCUT2D eigenvalue weighted by Gasteiger charge is -2.23. The summed E-state index contributed by atoms with van der Waals surface area (Å²) in [6, 6.07) is 4.97. The topological polar surface area (TPSA) is 21.3 Å². The van der Waals surface area contributed by atoms with Crippen molar-refractivity contribution >= 4 is 0 Å². The van der Waals surface area contributed by atoms with Gasteiger partial charge in [-0.2, -0.15) is 0 Å². The van der Waals surface area contributed by atoms with Crippen LogP contribution in [0.2, 0.25) is 0 Å². The van der Waals surface area contributed by atoms with Gasteiger partial charge in [-0.1, -0.05) is 18.6 Å².